The number of fused-ring (bicyclic) bond motifs is 6. The predicted molar refractivity (Wildman–Crippen MR) is 195 cm³/mol. The average molecular weight is 611 g/mol. The number of hydrogen-bond acceptors (Lipinski definition) is 2. The van der Waals surface area contributed by atoms with Crippen LogP contribution in [0, 0.1) is 22.7 Å². The maximum absolute atomic E-state index is 10.3. The van der Waals surface area contributed by atoms with Gasteiger partial charge in [0.05, 0.1) is 51.0 Å². The van der Waals surface area contributed by atoms with Gasteiger partial charge < -0.3 is 9.13 Å². The Balaban J connectivity index is 1.21. The first-order valence-corrected chi connectivity index (χ1v) is 15.9. The van der Waals surface area contributed by atoms with Crippen molar-refractivity contribution in [1.82, 2.24) is 9.13 Å². The fraction of sp³-hybridized carbons (Fsp3) is 0. The molecule has 4 heteroatoms. The van der Waals surface area contributed by atoms with Crippen molar-refractivity contribution >= 4 is 43.6 Å². The van der Waals surface area contributed by atoms with Crippen molar-refractivity contribution in [2.24, 2.45) is 0 Å². The molecule has 9 aromatic rings. The van der Waals surface area contributed by atoms with Gasteiger partial charge in [-0.3, -0.25) is 0 Å². The number of nitriles is 2. The van der Waals surface area contributed by atoms with Gasteiger partial charge in [-0.1, -0.05) is 97.1 Å². The third-order valence-electron chi connectivity index (χ3n) is 9.42. The Morgan fingerprint density at radius 1 is 0.396 bits per heavy atom. The molecule has 0 aliphatic carbocycles. The fourth-order valence-electron chi connectivity index (χ4n) is 7.24. The molecule has 222 valence electrons. The Labute approximate surface area is 277 Å². The molecule has 0 radical (unpaired) electrons. The van der Waals surface area contributed by atoms with Crippen LogP contribution in [0.15, 0.2) is 158 Å². The summed E-state index contributed by atoms with van der Waals surface area (Å²) in [7, 11) is 0. The van der Waals surface area contributed by atoms with Crippen LogP contribution in [0.25, 0.3) is 77.2 Å². The lowest BCUT2D eigenvalue weighted by Crippen LogP contribution is -1.99. The zero-order valence-corrected chi connectivity index (χ0v) is 25.8. The summed E-state index contributed by atoms with van der Waals surface area (Å²) in [5.74, 6) is 0. The molecule has 0 N–H and O–H groups in total. The lowest BCUT2D eigenvalue weighted by molar-refractivity contribution is 1.18. The second kappa shape index (κ2) is 10.9. The minimum atomic E-state index is 0.561. The molecule has 0 unspecified atom stereocenters. The summed E-state index contributed by atoms with van der Waals surface area (Å²) >= 11 is 0. The molecule has 0 aliphatic rings. The second-order valence-electron chi connectivity index (χ2n) is 12.0. The molecule has 0 fully saturated rings. The summed E-state index contributed by atoms with van der Waals surface area (Å²) in [6.45, 7) is 0. The SMILES string of the molecule is N#Cc1ccc(-c2cc(-c3ccc(-n4c5ccccc5c5ccccc54)cc3)ccc2C#N)c(-n2c3ccccc3c3ccccc32)c1. The number of hydrogen-bond donors (Lipinski definition) is 0. The van der Waals surface area contributed by atoms with Crippen molar-refractivity contribution in [1.29, 1.82) is 10.5 Å². The summed E-state index contributed by atoms with van der Waals surface area (Å²) in [6.07, 6.45) is 0. The largest absolute Gasteiger partial charge is 0.309 e. The Hall–Kier alpha value is -6.88. The Morgan fingerprint density at radius 3 is 1.42 bits per heavy atom. The Morgan fingerprint density at radius 2 is 0.896 bits per heavy atom. The van der Waals surface area contributed by atoms with E-state index in [4.69, 9.17) is 0 Å². The first kappa shape index (κ1) is 27.4. The van der Waals surface area contributed by atoms with Crippen molar-refractivity contribution in [3.8, 4) is 45.8 Å². The van der Waals surface area contributed by atoms with E-state index in [2.05, 4.69) is 137 Å². The molecule has 0 atom stereocenters. The molecule has 48 heavy (non-hydrogen) atoms. The zero-order chi connectivity index (χ0) is 32.2. The summed E-state index contributed by atoms with van der Waals surface area (Å²) in [5.41, 5.74) is 11.3. The van der Waals surface area contributed by atoms with Crippen molar-refractivity contribution in [2.75, 3.05) is 0 Å². The van der Waals surface area contributed by atoms with E-state index in [1.54, 1.807) is 0 Å². The molecule has 0 saturated heterocycles. The lowest BCUT2D eigenvalue weighted by Gasteiger charge is -2.16. The van der Waals surface area contributed by atoms with Crippen LogP contribution >= 0.6 is 0 Å². The normalized spacial score (nSPS) is 11.3. The molecule has 0 amide bonds. The first-order chi connectivity index (χ1) is 23.7. The van der Waals surface area contributed by atoms with E-state index in [-0.39, 0.29) is 0 Å². The third kappa shape index (κ3) is 4.14. The van der Waals surface area contributed by atoms with Crippen molar-refractivity contribution < 1.29 is 0 Å². The summed E-state index contributed by atoms with van der Waals surface area (Å²) in [6, 6.07) is 58.9. The number of nitrogens with zero attached hydrogens (tertiary/aromatic N) is 4. The molecule has 0 aliphatic heterocycles. The standard InChI is InChI=1S/C44H26N4/c45-27-29-17-24-38(44(25-29)48-42-15-7-3-11-36(42)37-12-4-8-16-43(37)48)39-26-31(18-19-32(39)28-46)30-20-22-33(23-21-30)47-40-13-5-1-9-34(40)35-10-2-6-14-41(35)47/h1-26H. The zero-order valence-electron chi connectivity index (χ0n) is 25.8. The van der Waals surface area contributed by atoms with Crippen LogP contribution in [-0.2, 0) is 0 Å². The van der Waals surface area contributed by atoms with Crippen LogP contribution in [0.5, 0.6) is 0 Å². The maximum atomic E-state index is 10.3. The third-order valence-corrected chi connectivity index (χ3v) is 9.42. The van der Waals surface area contributed by atoms with Crippen LogP contribution in [0.3, 0.4) is 0 Å². The quantitative estimate of drug-likeness (QED) is 0.199. The van der Waals surface area contributed by atoms with Gasteiger partial charge in [0.2, 0.25) is 0 Å². The Kier molecular flexibility index (Phi) is 6.22. The molecule has 0 bridgehead atoms. The van der Waals surface area contributed by atoms with Gasteiger partial charge >= 0.3 is 0 Å². The van der Waals surface area contributed by atoms with E-state index in [1.165, 1.54) is 21.8 Å². The first-order valence-electron chi connectivity index (χ1n) is 15.9. The van der Waals surface area contributed by atoms with Crippen LogP contribution in [0.4, 0.5) is 0 Å². The average Bonchev–Trinajstić information content (AvgIpc) is 3.67. The summed E-state index contributed by atoms with van der Waals surface area (Å²) < 4.78 is 4.53. The van der Waals surface area contributed by atoms with Crippen LogP contribution in [0.1, 0.15) is 11.1 Å². The lowest BCUT2D eigenvalue weighted by atomic mass is 9.93. The van der Waals surface area contributed by atoms with Crippen LogP contribution < -0.4 is 0 Å². The molecule has 4 nitrogen and oxygen atoms in total. The highest BCUT2D eigenvalue weighted by Gasteiger charge is 2.19. The minimum absolute atomic E-state index is 0.561. The van der Waals surface area contributed by atoms with Gasteiger partial charge in [-0.15, -0.1) is 0 Å². The number of para-hydroxylation sites is 4. The number of rotatable bonds is 4. The smallest absolute Gasteiger partial charge is 0.0998 e. The van der Waals surface area contributed by atoms with Crippen LogP contribution in [0.2, 0.25) is 0 Å². The fourth-order valence-corrected chi connectivity index (χ4v) is 7.24. The van der Waals surface area contributed by atoms with Gasteiger partial charge in [-0.05, 0) is 71.8 Å². The predicted octanol–water partition coefficient (Wildman–Crippen LogP) is 11.0. The van der Waals surface area contributed by atoms with E-state index >= 15 is 0 Å². The van der Waals surface area contributed by atoms with E-state index < -0.39 is 0 Å². The highest BCUT2D eigenvalue weighted by molar-refractivity contribution is 6.10. The number of aromatic nitrogens is 2. The molecule has 9 rings (SSSR count). The molecule has 0 saturated carbocycles. The Bertz CT molecular complexity index is 2690. The molecule has 2 heterocycles. The molecular formula is C44H26N4. The monoisotopic (exact) mass is 610 g/mol. The number of benzene rings is 7. The minimum Gasteiger partial charge on any atom is -0.309 e. The summed E-state index contributed by atoms with van der Waals surface area (Å²) in [4.78, 5) is 0. The van der Waals surface area contributed by atoms with E-state index in [1.807, 2.05) is 42.5 Å². The van der Waals surface area contributed by atoms with E-state index in [9.17, 15) is 10.5 Å². The van der Waals surface area contributed by atoms with Gasteiger partial charge in [-0.2, -0.15) is 10.5 Å². The van der Waals surface area contributed by atoms with Gasteiger partial charge in [0.1, 0.15) is 0 Å². The van der Waals surface area contributed by atoms with E-state index in [0.29, 0.717) is 11.1 Å². The van der Waals surface area contributed by atoms with Gasteiger partial charge in [-0.25, -0.2) is 0 Å². The van der Waals surface area contributed by atoms with E-state index in [0.717, 1.165) is 55.4 Å². The van der Waals surface area contributed by atoms with Crippen molar-refractivity contribution in [3.05, 3.63) is 169 Å². The van der Waals surface area contributed by atoms with Crippen LogP contribution in [-0.4, -0.2) is 9.13 Å². The topological polar surface area (TPSA) is 57.4 Å². The highest BCUT2D eigenvalue weighted by Crippen LogP contribution is 2.39. The van der Waals surface area contributed by atoms with Crippen molar-refractivity contribution in [2.45, 2.75) is 0 Å². The molecule has 0 spiro atoms. The second-order valence-corrected chi connectivity index (χ2v) is 12.0. The molecule has 2 aromatic heterocycles. The van der Waals surface area contributed by atoms with Gasteiger partial charge in [0.25, 0.3) is 0 Å². The van der Waals surface area contributed by atoms with Crippen molar-refractivity contribution in [3.63, 3.8) is 0 Å². The summed E-state index contributed by atoms with van der Waals surface area (Å²) in [5, 5.41) is 25.0. The highest BCUT2D eigenvalue weighted by atomic mass is 15.0. The maximum Gasteiger partial charge on any atom is 0.0998 e. The van der Waals surface area contributed by atoms with Gasteiger partial charge in [0, 0.05) is 38.4 Å². The van der Waals surface area contributed by atoms with Gasteiger partial charge in [0.15, 0.2) is 0 Å². The molecular weight excluding hydrogens is 585 g/mol. The molecule has 7 aromatic carbocycles.